The number of ketones is 1. The number of likely N-dealkylation sites (N-methyl/N-ethyl adjacent to an activating group) is 1. The van der Waals surface area contributed by atoms with Crippen molar-refractivity contribution in [2.45, 2.75) is 61.7 Å². The lowest BCUT2D eigenvalue weighted by molar-refractivity contribution is -0.950. The van der Waals surface area contributed by atoms with Gasteiger partial charge in [-0.25, -0.2) is 0 Å². The van der Waals surface area contributed by atoms with E-state index in [1.54, 1.807) is 6.07 Å². The smallest absolute Gasteiger partial charge is 0.174 e. The number of carbonyl (C=O) groups excluding carboxylic acids is 1. The molecule has 0 radical (unpaired) electrons. The van der Waals surface area contributed by atoms with Crippen molar-refractivity contribution in [1.82, 2.24) is 0 Å². The van der Waals surface area contributed by atoms with Crippen molar-refractivity contribution in [3.8, 4) is 11.5 Å². The maximum absolute atomic E-state index is 12.8. The second-order valence-electron chi connectivity index (χ2n) is 9.61. The minimum atomic E-state index is -0.931. The van der Waals surface area contributed by atoms with Crippen LogP contribution in [0.15, 0.2) is 12.1 Å². The zero-order valence-electron chi connectivity index (χ0n) is 15.6. The molecule has 3 fully saturated rings. The summed E-state index contributed by atoms with van der Waals surface area (Å²) in [6.07, 6.45) is 4.42. The Labute approximate surface area is 169 Å². The lowest BCUT2D eigenvalue weighted by atomic mass is 9.48. The first-order chi connectivity index (χ1) is 12.4. The van der Waals surface area contributed by atoms with E-state index in [2.05, 4.69) is 7.05 Å². The number of carbonyl (C=O) groups is 1. The SMILES string of the molecule is C[N+]1(CC2CC2)CCC23c4c5ccc(O)c4O[C@H]2C(=O)CC[C@@]3(O)C1C5.[Br-]. The molecule has 1 spiro atoms. The number of quaternary nitrogens is 1. The standard InChI is InChI=1S/C21H25NO4.BrH/c1-22(11-12-2-3-12)9-8-20-17-13-4-5-14(23)18(17)26-19(20)15(24)6-7-21(20,25)16(22)10-13;/h4-5,12,16,19,25H,2-3,6-11H2,1H3;1H/t16?,19-,20?,21+,22?;/m0./s1. The van der Waals surface area contributed by atoms with Crippen LogP contribution in [0.25, 0.3) is 0 Å². The van der Waals surface area contributed by atoms with Crippen LogP contribution in [-0.2, 0) is 16.6 Å². The van der Waals surface area contributed by atoms with Crippen LogP contribution in [0.5, 0.6) is 11.5 Å². The number of Topliss-reactive ketones (excluding diaryl/α,β-unsaturated/α-hetero) is 1. The van der Waals surface area contributed by atoms with E-state index in [-0.39, 0.29) is 34.6 Å². The number of rotatable bonds is 2. The van der Waals surface area contributed by atoms with Gasteiger partial charge in [-0.2, -0.15) is 0 Å². The molecule has 6 heteroatoms. The van der Waals surface area contributed by atoms with E-state index < -0.39 is 17.1 Å². The average molecular weight is 436 g/mol. The van der Waals surface area contributed by atoms with Crippen molar-refractivity contribution >= 4 is 5.78 Å². The van der Waals surface area contributed by atoms with Crippen molar-refractivity contribution in [2.75, 3.05) is 20.1 Å². The van der Waals surface area contributed by atoms with Gasteiger partial charge in [0.05, 0.1) is 25.6 Å². The Morgan fingerprint density at radius 2 is 2.07 bits per heavy atom. The lowest BCUT2D eigenvalue weighted by Crippen LogP contribution is -3.00. The van der Waals surface area contributed by atoms with E-state index >= 15 is 0 Å². The van der Waals surface area contributed by atoms with Crippen molar-refractivity contribution in [2.24, 2.45) is 5.92 Å². The Bertz CT molecular complexity index is 855. The van der Waals surface area contributed by atoms with Gasteiger partial charge in [0.15, 0.2) is 23.4 Å². The van der Waals surface area contributed by atoms with Gasteiger partial charge in [-0.15, -0.1) is 0 Å². The fraction of sp³-hybridized carbons (Fsp3) is 0.667. The molecule has 3 unspecified atom stereocenters. The fourth-order valence-electron chi connectivity index (χ4n) is 6.94. The Morgan fingerprint density at radius 1 is 1.30 bits per heavy atom. The Kier molecular flexibility index (Phi) is 3.51. The summed E-state index contributed by atoms with van der Waals surface area (Å²) >= 11 is 0. The van der Waals surface area contributed by atoms with E-state index in [4.69, 9.17) is 4.74 Å². The zero-order chi connectivity index (χ0) is 17.9. The summed E-state index contributed by atoms with van der Waals surface area (Å²) in [7, 11) is 2.31. The maximum Gasteiger partial charge on any atom is 0.174 e. The van der Waals surface area contributed by atoms with Crippen LogP contribution in [0.3, 0.4) is 0 Å². The number of phenols is 1. The summed E-state index contributed by atoms with van der Waals surface area (Å²) in [6, 6.07) is 3.77. The third kappa shape index (κ3) is 1.94. The number of halogens is 1. The molecule has 5 atom stereocenters. The van der Waals surface area contributed by atoms with Gasteiger partial charge in [0.2, 0.25) is 0 Å². The molecule has 2 saturated carbocycles. The highest BCUT2D eigenvalue weighted by molar-refractivity contribution is 5.90. The maximum atomic E-state index is 12.8. The van der Waals surface area contributed by atoms with Gasteiger partial charge in [0.1, 0.15) is 11.6 Å². The molecule has 6 rings (SSSR count). The lowest BCUT2D eigenvalue weighted by Gasteiger charge is -2.64. The van der Waals surface area contributed by atoms with Crippen LogP contribution >= 0.6 is 0 Å². The molecular weight excluding hydrogens is 410 g/mol. The fourth-order valence-corrected chi connectivity index (χ4v) is 6.94. The van der Waals surface area contributed by atoms with Gasteiger partial charge in [-0.1, -0.05) is 6.07 Å². The first-order valence-electron chi connectivity index (χ1n) is 10.0. The molecule has 2 heterocycles. The Balaban J connectivity index is 0.00000160. The first-order valence-corrected chi connectivity index (χ1v) is 10.0. The molecule has 27 heavy (non-hydrogen) atoms. The van der Waals surface area contributed by atoms with Crippen molar-refractivity contribution in [1.29, 1.82) is 0 Å². The van der Waals surface area contributed by atoms with Gasteiger partial charge in [-0.05, 0) is 30.9 Å². The van der Waals surface area contributed by atoms with Crippen molar-refractivity contribution in [3.63, 3.8) is 0 Å². The number of hydrogen-bond acceptors (Lipinski definition) is 4. The van der Waals surface area contributed by atoms with Crippen LogP contribution in [0, 0.1) is 5.92 Å². The van der Waals surface area contributed by atoms with Crippen LogP contribution < -0.4 is 21.7 Å². The molecule has 1 saturated heterocycles. The quantitative estimate of drug-likeness (QED) is 0.565. The normalized spacial score (nSPS) is 43.6. The molecule has 1 aromatic rings. The molecular formula is C21H26BrNO4. The summed E-state index contributed by atoms with van der Waals surface area (Å²) < 4.78 is 6.98. The molecule has 2 bridgehead atoms. The van der Waals surface area contributed by atoms with Crippen molar-refractivity contribution < 1.29 is 41.2 Å². The van der Waals surface area contributed by atoms with Crippen LogP contribution in [0.2, 0.25) is 0 Å². The number of nitrogens with zero attached hydrogens (tertiary/aromatic N) is 1. The highest BCUT2D eigenvalue weighted by atomic mass is 79.9. The predicted molar refractivity (Wildman–Crippen MR) is 94.1 cm³/mol. The Morgan fingerprint density at radius 3 is 2.81 bits per heavy atom. The monoisotopic (exact) mass is 435 g/mol. The molecule has 2 N–H and O–H groups in total. The molecule has 0 aromatic heterocycles. The molecule has 1 aromatic carbocycles. The van der Waals surface area contributed by atoms with Crippen LogP contribution in [0.1, 0.15) is 43.2 Å². The number of aromatic hydroxyl groups is 1. The number of ether oxygens (including phenoxy) is 1. The average Bonchev–Trinajstić information content (AvgIpc) is 3.32. The predicted octanol–water partition coefficient (Wildman–Crippen LogP) is -1.33. The first kappa shape index (κ1) is 18.0. The van der Waals surface area contributed by atoms with Gasteiger partial charge in [0, 0.05) is 30.7 Å². The van der Waals surface area contributed by atoms with E-state index in [1.807, 2.05) is 6.07 Å². The second-order valence-corrected chi connectivity index (χ2v) is 9.61. The van der Waals surface area contributed by atoms with Gasteiger partial charge < -0.3 is 36.4 Å². The topological polar surface area (TPSA) is 66.8 Å². The Hall–Kier alpha value is -1.11. The molecule has 146 valence electrons. The van der Waals surface area contributed by atoms with Crippen LogP contribution in [-0.4, -0.2) is 58.4 Å². The summed E-state index contributed by atoms with van der Waals surface area (Å²) in [5.41, 5.74) is 0.492. The molecule has 2 aliphatic heterocycles. The van der Waals surface area contributed by atoms with Crippen molar-refractivity contribution in [3.05, 3.63) is 23.3 Å². The molecule has 5 aliphatic rings. The highest BCUT2D eigenvalue weighted by Crippen LogP contribution is 2.65. The number of likely N-dealkylation sites (tertiary alicyclic amines) is 1. The van der Waals surface area contributed by atoms with Gasteiger partial charge in [0.25, 0.3) is 0 Å². The summed E-state index contributed by atoms with van der Waals surface area (Å²) in [5.74, 6) is 1.42. The third-order valence-electron chi connectivity index (χ3n) is 8.28. The van der Waals surface area contributed by atoms with Gasteiger partial charge >= 0.3 is 0 Å². The number of piperidine rings is 1. The number of phenolic OH excluding ortho intramolecular Hbond substituents is 1. The molecule has 0 amide bonds. The van der Waals surface area contributed by atoms with E-state index in [0.29, 0.717) is 18.6 Å². The highest BCUT2D eigenvalue weighted by Gasteiger charge is 2.76. The van der Waals surface area contributed by atoms with E-state index in [0.717, 1.165) is 47.5 Å². The number of hydrogen-bond donors (Lipinski definition) is 2. The number of benzene rings is 1. The summed E-state index contributed by atoms with van der Waals surface area (Å²) in [5, 5.41) is 22.5. The number of aliphatic hydroxyl groups is 1. The van der Waals surface area contributed by atoms with E-state index in [1.165, 1.54) is 12.8 Å². The third-order valence-corrected chi connectivity index (χ3v) is 8.28. The second kappa shape index (κ2) is 5.28. The largest absolute Gasteiger partial charge is 1.00 e. The van der Waals surface area contributed by atoms with E-state index in [9.17, 15) is 15.0 Å². The summed E-state index contributed by atoms with van der Waals surface area (Å²) in [6.45, 7) is 2.09. The zero-order valence-corrected chi connectivity index (χ0v) is 17.2. The molecule has 5 nitrogen and oxygen atoms in total. The molecule has 3 aliphatic carbocycles. The minimum Gasteiger partial charge on any atom is -1.00 e. The van der Waals surface area contributed by atoms with Gasteiger partial charge in [-0.3, -0.25) is 4.79 Å². The summed E-state index contributed by atoms with van der Waals surface area (Å²) in [4.78, 5) is 12.8. The minimum absolute atomic E-state index is 0. The van der Waals surface area contributed by atoms with Crippen LogP contribution in [0.4, 0.5) is 0 Å².